The van der Waals surface area contributed by atoms with Gasteiger partial charge in [0, 0.05) is 40.5 Å². The van der Waals surface area contributed by atoms with E-state index in [2.05, 4.69) is 116 Å². The van der Waals surface area contributed by atoms with Crippen molar-refractivity contribution in [3.63, 3.8) is 0 Å². The molecular weight excluding hydrogens is 774 g/mol. The highest BCUT2D eigenvalue weighted by Crippen LogP contribution is 2.38. The number of nitrogens with one attached hydrogen (secondary N) is 2. The minimum absolute atomic E-state index is 0.189. The van der Waals surface area contributed by atoms with Gasteiger partial charge in [-0.25, -0.2) is 9.97 Å². The number of phenols is 2. The lowest BCUT2D eigenvalue weighted by Crippen LogP contribution is -1.87. The molecule has 0 amide bonds. The number of hydrogen-bond donors (Lipinski definition) is 4. The molecule has 214 valence electrons. The van der Waals surface area contributed by atoms with E-state index in [9.17, 15) is 10.2 Å². The Morgan fingerprint density at radius 1 is 0.432 bits per heavy atom. The fourth-order valence-electron chi connectivity index (χ4n) is 5.24. The molecule has 4 N–H and O–H groups in total. The van der Waals surface area contributed by atoms with E-state index >= 15 is 0 Å². The number of imidazole rings is 2. The summed E-state index contributed by atoms with van der Waals surface area (Å²) >= 11 is 4.63. The SMILES string of the molecule is Oc1cccc(-c2nc(-c3cccc(I)c3)c(-c3ccc(-c4nc(-c5cccc(O)c5)[nH]c4-c4cccc(I)c4)cc3)[nH]2)c1. The summed E-state index contributed by atoms with van der Waals surface area (Å²) < 4.78 is 2.24. The molecular formula is C36H24I2N4O2. The Morgan fingerprint density at radius 3 is 1.41 bits per heavy atom. The van der Waals surface area contributed by atoms with Crippen LogP contribution in [0.1, 0.15) is 0 Å². The van der Waals surface area contributed by atoms with Crippen LogP contribution in [0, 0.1) is 7.14 Å². The van der Waals surface area contributed by atoms with Gasteiger partial charge in [-0.05, 0) is 93.7 Å². The van der Waals surface area contributed by atoms with Crippen molar-refractivity contribution in [2.45, 2.75) is 0 Å². The molecule has 8 heteroatoms. The summed E-state index contributed by atoms with van der Waals surface area (Å²) in [6.45, 7) is 0. The van der Waals surface area contributed by atoms with Gasteiger partial charge in [0.2, 0.25) is 0 Å². The maximum Gasteiger partial charge on any atom is 0.138 e. The second-order valence-electron chi connectivity index (χ2n) is 10.3. The highest BCUT2D eigenvalue weighted by atomic mass is 127. The van der Waals surface area contributed by atoms with Crippen LogP contribution in [0.2, 0.25) is 0 Å². The van der Waals surface area contributed by atoms with Crippen LogP contribution < -0.4 is 0 Å². The van der Waals surface area contributed by atoms with Crippen LogP contribution in [0.15, 0.2) is 121 Å². The van der Waals surface area contributed by atoms with Gasteiger partial charge in [0.1, 0.15) is 23.1 Å². The van der Waals surface area contributed by atoms with Crippen LogP contribution in [-0.4, -0.2) is 30.1 Å². The minimum atomic E-state index is 0.189. The van der Waals surface area contributed by atoms with Gasteiger partial charge >= 0.3 is 0 Å². The lowest BCUT2D eigenvalue weighted by Gasteiger charge is -2.07. The molecule has 0 spiro atoms. The molecule has 0 saturated carbocycles. The van der Waals surface area contributed by atoms with Gasteiger partial charge in [-0.3, -0.25) is 0 Å². The first-order chi connectivity index (χ1) is 21.4. The number of phenolic OH excluding ortho intramolecular Hbond substituents is 2. The fraction of sp³-hybridized carbons (Fsp3) is 0. The second kappa shape index (κ2) is 11.9. The number of aromatic hydroxyl groups is 2. The molecule has 0 fully saturated rings. The molecule has 0 aliphatic carbocycles. The molecule has 0 atom stereocenters. The Morgan fingerprint density at radius 2 is 0.864 bits per heavy atom. The lowest BCUT2D eigenvalue weighted by atomic mass is 10.0. The number of H-pyrrole nitrogens is 2. The van der Waals surface area contributed by atoms with Crippen LogP contribution in [0.25, 0.3) is 67.8 Å². The summed E-state index contributed by atoms with van der Waals surface area (Å²) in [5.41, 5.74) is 9.01. The average molecular weight is 798 g/mol. The fourth-order valence-corrected chi connectivity index (χ4v) is 6.32. The molecule has 2 heterocycles. The third-order valence-corrected chi connectivity index (χ3v) is 8.65. The van der Waals surface area contributed by atoms with Gasteiger partial charge in [0.15, 0.2) is 0 Å². The van der Waals surface area contributed by atoms with E-state index in [0.29, 0.717) is 11.6 Å². The Bertz CT molecular complexity index is 1980. The maximum absolute atomic E-state index is 10.1. The number of rotatable bonds is 6. The molecule has 5 aromatic carbocycles. The molecule has 0 unspecified atom stereocenters. The highest BCUT2D eigenvalue weighted by Gasteiger charge is 2.19. The van der Waals surface area contributed by atoms with Gasteiger partial charge in [0.05, 0.1) is 22.8 Å². The summed E-state index contributed by atoms with van der Waals surface area (Å²) in [6.07, 6.45) is 0. The first kappa shape index (κ1) is 28.4. The zero-order valence-corrected chi connectivity index (χ0v) is 27.4. The third-order valence-electron chi connectivity index (χ3n) is 7.31. The van der Waals surface area contributed by atoms with Crippen LogP contribution in [0.5, 0.6) is 11.5 Å². The first-order valence-corrected chi connectivity index (χ1v) is 16.0. The van der Waals surface area contributed by atoms with E-state index in [-0.39, 0.29) is 11.5 Å². The van der Waals surface area contributed by atoms with E-state index in [1.807, 2.05) is 36.4 Å². The summed E-state index contributed by atoms with van der Waals surface area (Å²) in [6, 6.07) is 39.0. The zero-order valence-electron chi connectivity index (χ0n) is 23.1. The van der Waals surface area contributed by atoms with Crippen molar-refractivity contribution in [2.24, 2.45) is 0 Å². The van der Waals surface area contributed by atoms with Gasteiger partial charge in [-0.2, -0.15) is 0 Å². The minimum Gasteiger partial charge on any atom is -0.508 e. The molecule has 2 aromatic heterocycles. The lowest BCUT2D eigenvalue weighted by molar-refractivity contribution is 0.475. The number of aromatic amines is 2. The van der Waals surface area contributed by atoms with E-state index in [1.165, 1.54) is 0 Å². The molecule has 7 aromatic rings. The van der Waals surface area contributed by atoms with E-state index in [1.54, 1.807) is 24.3 Å². The predicted octanol–water partition coefficient (Wildman–Crippen LogP) is 9.76. The number of nitrogens with zero attached hydrogens (tertiary/aromatic N) is 2. The molecule has 0 radical (unpaired) electrons. The van der Waals surface area contributed by atoms with Crippen LogP contribution in [-0.2, 0) is 0 Å². The highest BCUT2D eigenvalue weighted by molar-refractivity contribution is 14.1. The van der Waals surface area contributed by atoms with Gasteiger partial charge in [-0.15, -0.1) is 0 Å². The number of aromatic nitrogens is 4. The monoisotopic (exact) mass is 798 g/mol. The average Bonchev–Trinajstić information content (AvgIpc) is 3.68. The predicted molar refractivity (Wildman–Crippen MR) is 192 cm³/mol. The van der Waals surface area contributed by atoms with E-state index in [0.717, 1.165) is 63.3 Å². The zero-order chi connectivity index (χ0) is 30.2. The van der Waals surface area contributed by atoms with Crippen molar-refractivity contribution in [3.8, 4) is 79.3 Å². The maximum atomic E-state index is 10.1. The standard InChI is InChI=1S/C36H24I2N4O2/c37-27-9-1-5-23(17-27)33-31(39-35(41-33)25-7-3-11-29(43)19-25)21-13-15-22(16-14-21)32-34(24-6-2-10-28(38)18-24)42-36(40-32)26-8-4-12-30(44)20-26/h1-20,43-44H,(H,39,41)(H,40,42). The van der Waals surface area contributed by atoms with E-state index in [4.69, 9.17) is 9.97 Å². The van der Waals surface area contributed by atoms with Crippen LogP contribution in [0.4, 0.5) is 0 Å². The summed E-state index contributed by atoms with van der Waals surface area (Å²) in [5, 5.41) is 20.2. The molecule has 44 heavy (non-hydrogen) atoms. The Labute approximate surface area is 281 Å². The second-order valence-corrected chi connectivity index (χ2v) is 12.8. The first-order valence-electron chi connectivity index (χ1n) is 13.8. The Balaban J connectivity index is 1.34. The summed E-state index contributed by atoms with van der Waals surface area (Å²) in [5.74, 6) is 1.74. The van der Waals surface area contributed by atoms with Crippen molar-refractivity contribution >= 4 is 45.2 Å². The van der Waals surface area contributed by atoms with Crippen molar-refractivity contribution < 1.29 is 10.2 Å². The number of hydrogen-bond acceptors (Lipinski definition) is 4. The molecule has 0 saturated heterocycles. The van der Waals surface area contributed by atoms with Crippen molar-refractivity contribution in [1.82, 2.24) is 19.9 Å². The number of benzene rings is 5. The Kier molecular flexibility index (Phi) is 7.69. The quantitative estimate of drug-likeness (QED) is 0.126. The largest absolute Gasteiger partial charge is 0.508 e. The van der Waals surface area contributed by atoms with E-state index < -0.39 is 0 Å². The molecule has 6 nitrogen and oxygen atoms in total. The number of halogens is 2. The van der Waals surface area contributed by atoms with Crippen LogP contribution >= 0.6 is 45.2 Å². The van der Waals surface area contributed by atoms with Crippen molar-refractivity contribution in [2.75, 3.05) is 0 Å². The normalized spacial score (nSPS) is 11.1. The van der Waals surface area contributed by atoms with Gasteiger partial charge < -0.3 is 20.2 Å². The third kappa shape index (κ3) is 5.74. The van der Waals surface area contributed by atoms with Gasteiger partial charge in [-0.1, -0.05) is 72.8 Å². The smallest absolute Gasteiger partial charge is 0.138 e. The molecule has 0 aliphatic rings. The molecule has 7 rings (SSSR count). The van der Waals surface area contributed by atoms with Gasteiger partial charge in [0.25, 0.3) is 0 Å². The molecule has 0 aliphatic heterocycles. The molecule has 0 bridgehead atoms. The Hall–Kier alpha value is -4.42. The topological polar surface area (TPSA) is 97.8 Å². The summed E-state index contributed by atoms with van der Waals surface area (Å²) in [7, 11) is 0. The van der Waals surface area contributed by atoms with Crippen molar-refractivity contribution in [3.05, 3.63) is 128 Å². The van der Waals surface area contributed by atoms with Crippen LogP contribution in [0.3, 0.4) is 0 Å². The van der Waals surface area contributed by atoms with Crippen molar-refractivity contribution in [1.29, 1.82) is 0 Å². The summed E-state index contributed by atoms with van der Waals surface area (Å²) in [4.78, 5) is 17.0.